The molecule has 8 nitrogen and oxygen atoms in total. The Kier molecular flexibility index (Phi) is 4.62. The number of hydrogen-bond acceptors (Lipinski definition) is 5. The Bertz CT molecular complexity index is 1500. The average molecular weight is 426 g/mol. The molecule has 1 aromatic carbocycles. The van der Waals surface area contributed by atoms with Crippen molar-refractivity contribution in [2.45, 2.75) is 20.3 Å². The molecule has 0 saturated carbocycles. The number of fused-ring (bicyclic) bond motifs is 2. The van der Waals surface area contributed by atoms with Crippen LogP contribution in [0.5, 0.6) is 11.5 Å². The summed E-state index contributed by atoms with van der Waals surface area (Å²) in [5, 5.41) is 4.41. The fourth-order valence-electron chi connectivity index (χ4n) is 4.04. The van der Waals surface area contributed by atoms with Gasteiger partial charge in [0.1, 0.15) is 22.7 Å². The van der Waals surface area contributed by atoms with E-state index in [0.29, 0.717) is 23.5 Å². The SMILES string of the molecule is CCc1cc(-c2cc(Oc3cnc4c(C)nn(C)c4c3)cc3nccn23)ccc1C(N)=O. The number of aromatic nitrogens is 5. The molecule has 0 radical (unpaired) electrons. The minimum atomic E-state index is -0.424. The van der Waals surface area contributed by atoms with Gasteiger partial charge in [-0.05, 0) is 36.6 Å². The van der Waals surface area contributed by atoms with Gasteiger partial charge in [-0.25, -0.2) is 9.97 Å². The lowest BCUT2D eigenvalue weighted by Crippen LogP contribution is -2.13. The van der Waals surface area contributed by atoms with Gasteiger partial charge in [0.05, 0.1) is 23.1 Å². The zero-order chi connectivity index (χ0) is 22.4. The number of carbonyl (C=O) groups is 1. The molecule has 4 aromatic heterocycles. The van der Waals surface area contributed by atoms with Crippen LogP contribution in [0, 0.1) is 6.92 Å². The van der Waals surface area contributed by atoms with Gasteiger partial charge >= 0.3 is 0 Å². The maximum absolute atomic E-state index is 11.8. The molecule has 0 atom stereocenters. The van der Waals surface area contributed by atoms with Crippen molar-refractivity contribution in [2.75, 3.05) is 0 Å². The summed E-state index contributed by atoms with van der Waals surface area (Å²) >= 11 is 0. The Hall–Kier alpha value is -4.20. The highest BCUT2D eigenvalue weighted by atomic mass is 16.5. The molecule has 0 spiro atoms. The number of benzene rings is 1. The van der Waals surface area contributed by atoms with Gasteiger partial charge in [0.2, 0.25) is 5.91 Å². The maximum Gasteiger partial charge on any atom is 0.248 e. The van der Waals surface area contributed by atoms with Gasteiger partial charge in [-0.1, -0.05) is 13.0 Å². The third-order valence-electron chi connectivity index (χ3n) is 5.60. The van der Waals surface area contributed by atoms with Crippen molar-refractivity contribution in [3.8, 4) is 22.8 Å². The van der Waals surface area contributed by atoms with E-state index in [4.69, 9.17) is 10.5 Å². The summed E-state index contributed by atoms with van der Waals surface area (Å²) in [4.78, 5) is 20.7. The molecule has 160 valence electrons. The van der Waals surface area contributed by atoms with Crippen molar-refractivity contribution in [3.63, 3.8) is 0 Å². The summed E-state index contributed by atoms with van der Waals surface area (Å²) in [6.45, 7) is 3.93. The van der Waals surface area contributed by atoms with Crippen molar-refractivity contribution in [1.29, 1.82) is 0 Å². The van der Waals surface area contributed by atoms with Crippen LogP contribution < -0.4 is 10.5 Å². The van der Waals surface area contributed by atoms with Gasteiger partial charge in [0, 0.05) is 43.2 Å². The van der Waals surface area contributed by atoms with E-state index in [-0.39, 0.29) is 0 Å². The van der Waals surface area contributed by atoms with E-state index in [1.807, 2.05) is 61.8 Å². The van der Waals surface area contributed by atoms with Crippen LogP contribution in [-0.4, -0.2) is 30.1 Å². The normalized spacial score (nSPS) is 11.3. The lowest BCUT2D eigenvalue weighted by atomic mass is 9.99. The Morgan fingerprint density at radius 2 is 1.97 bits per heavy atom. The molecular formula is C24H22N6O2. The van der Waals surface area contributed by atoms with Crippen molar-refractivity contribution in [1.82, 2.24) is 24.1 Å². The van der Waals surface area contributed by atoms with Gasteiger partial charge in [-0.2, -0.15) is 5.10 Å². The highest BCUT2D eigenvalue weighted by Crippen LogP contribution is 2.31. The van der Waals surface area contributed by atoms with E-state index in [9.17, 15) is 4.79 Å². The van der Waals surface area contributed by atoms with E-state index in [1.165, 1.54) is 0 Å². The van der Waals surface area contributed by atoms with E-state index >= 15 is 0 Å². The average Bonchev–Trinajstić information content (AvgIpc) is 3.36. The van der Waals surface area contributed by atoms with Crippen LogP contribution in [0.1, 0.15) is 28.5 Å². The molecule has 32 heavy (non-hydrogen) atoms. The van der Waals surface area contributed by atoms with Gasteiger partial charge in [0.25, 0.3) is 0 Å². The van der Waals surface area contributed by atoms with E-state index < -0.39 is 5.91 Å². The fourth-order valence-corrected chi connectivity index (χ4v) is 4.04. The van der Waals surface area contributed by atoms with Crippen molar-refractivity contribution in [3.05, 3.63) is 71.8 Å². The van der Waals surface area contributed by atoms with Crippen LogP contribution in [-0.2, 0) is 13.5 Å². The number of primary amides is 1. The summed E-state index contributed by atoms with van der Waals surface area (Å²) in [7, 11) is 1.89. The van der Waals surface area contributed by atoms with E-state index in [1.54, 1.807) is 23.1 Å². The predicted molar refractivity (Wildman–Crippen MR) is 122 cm³/mol. The largest absolute Gasteiger partial charge is 0.455 e. The summed E-state index contributed by atoms with van der Waals surface area (Å²) in [5.74, 6) is 0.822. The topological polar surface area (TPSA) is 100 Å². The second-order valence-electron chi connectivity index (χ2n) is 7.67. The molecule has 0 aliphatic heterocycles. The quantitative estimate of drug-likeness (QED) is 0.457. The molecule has 0 bridgehead atoms. The first-order valence-corrected chi connectivity index (χ1v) is 10.3. The Labute approximate surface area is 184 Å². The summed E-state index contributed by atoms with van der Waals surface area (Å²) in [6, 6.07) is 11.4. The van der Waals surface area contributed by atoms with Crippen LogP contribution in [0.25, 0.3) is 27.9 Å². The maximum atomic E-state index is 11.8. The first kappa shape index (κ1) is 19.7. The lowest BCUT2D eigenvalue weighted by Gasteiger charge is -2.13. The molecule has 0 aliphatic carbocycles. The molecular weight excluding hydrogens is 404 g/mol. The Morgan fingerprint density at radius 3 is 2.75 bits per heavy atom. The third kappa shape index (κ3) is 3.26. The minimum absolute atomic E-state index is 0.424. The van der Waals surface area contributed by atoms with Crippen LogP contribution >= 0.6 is 0 Å². The van der Waals surface area contributed by atoms with Crippen LogP contribution in [0.15, 0.2) is 55.0 Å². The molecule has 0 unspecified atom stereocenters. The van der Waals surface area contributed by atoms with Crippen LogP contribution in [0.2, 0.25) is 0 Å². The number of amides is 1. The van der Waals surface area contributed by atoms with Crippen molar-refractivity contribution in [2.24, 2.45) is 12.8 Å². The molecule has 1 amide bonds. The summed E-state index contributed by atoms with van der Waals surface area (Å²) in [6.07, 6.45) is 6.04. The number of nitrogens with zero attached hydrogens (tertiary/aromatic N) is 5. The molecule has 0 saturated heterocycles. The molecule has 8 heteroatoms. The monoisotopic (exact) mass is 426 g/mol. The van der Waals surface area contributed by atoms with Crippen molar-refractivity contribution < 1.29 is 9.53 Å². The van der Waals surface area contributed by atoms with Crippen LogP contribution in [0.4, 0.5) is 0 Å². The highest BCUT2D eigenvalue weighted by Gasteiger charge is 2.14. The standard InChI is InChI=1S/C24H22N6O2/c1-4-15-9-16(5-6-19(15)24(25)31)20-10-17(12-22-26-7-8-30(20)22)32-18-11-21-23(27-13-18)14(2)28-29(21)3/h5-13H,4H2,1-3H3,(H2,25,31). The highest BCUT2D eigenvalue weighted by molar-refractivity contribution is 5.95. The van der Waals surface area contributed by atoms with Crippen LogP contribution in [0.3, 0.4) is 0 Å². The van der Waals surface area contributed by atoms with Gasteiger partial charge in [-0.15, -0.1) is 0 Å². The minimum Gasteiger partial charge on any atom is -0.455 e. The predicted octanol–water partition coefficient (Wildman–Crippen LogP) is 4.05. The zero-order valence-electron chi connectivity index (χ0n) is 18.0. The van der Waals surface area contributed by atoms with Gasteiger partial charge < -0.3 is 10.5 Å². The van der Waals surface area contributed by atoms with Gasteiger partial charge in [-0.3, -0.25) is 13.9 Å². The molecule has 0 aliphatic rings. The number of nitrogens with two attached hydrogens (primary N) is 1. The number of rotatable bonds is 5. The number of ether oxygens (including phenoxy) is 1. The smallest absolute Gasteiger partial charge is 0.248 e. The first-order valence-electron chi connectivity index (χ1n) is 10.3. The second-order valence-corrected chi connectivity index (χ2v) is 7.67. The summed E-state index contributed by atoms with van der Waals surface area (Å²) in [5.41, 5.74) is 12.2. The number of pyridine rings is 2. The molecule has 5 aromatic rings. The molecule has 2 N–H and O–H groups in total. The van der Waals surface area contributed by atoms with E-state index in [2.05, 4.69) is 15.1 Å². The molecule has 0 fully saturated rings. The Morgan fingerprint density at radius 1 is 1.12 bits per heavy atom. The number of imidazole rings is 1. The molecule has 4 heterocycles. The lowest BCUT2D eigenvalue weighted by molar-refractivity contribution is 0.0999. The third-order valence-corrected chi connectivity index (χ3v) is 5.60. The van der Waals surface area contributed by atoms with Gasteiger partial charge in [0.15, 0.2) is 0 Å². The van der Waals surface area contributed by atoms with Crippen molar-refractivity contribution >= 4 is 22.6 Å². The molecule has 5 rings (SSSR count). The second kappa shape index (κ2) is 7.49. The Balaban J connectivity index is 1.60. The zero-order valence-corrected chi connectivity index (χ0v) is 18.0. The summed E-state index contributed by atoms with van der Waals surface area (Å²) < 4.78 is 9.95. The fraction of sp³-hybridized carbons (Fsp3) is 0.167. The number of hydrogen-bond donors (Lipinski definition) is 1. The number of carbonyl (C=O) groups excluding carboxylic acids is 1. The first-order chi connectivity index (χ1) is 15.4. The van der Waals surface area contributed by atoms with E-state index in [0.717, 1.165) is 39.2 Å². The number of aryl methyl sites for hydroxylation is 3.